The summed E-state index contributed by atoms with van der Waals surface area (Å²) in [6.45, 7) is 37.7. The number of aromatic nitrogens is 14. The molecule has 0 aliphatic carbocycles. The number of rotatable bonds is 2. The van der Waals surface area contributed by atoms with E-state index in [4.69, 9.17) is 9.97 Å². The largest absolute Gasteiger partial charge is 0.254 e. The second-order valence-corrected chi connectivity index (χ2v) is 33.6. The van der Waals surface area contributed by atoms with Gasteiger partial charge >= 0.3 is 0 Å². The molecule has 0 fully saturated rings. The number of pyridine rings is 14. The van der Waals surface area contributed by atoms with E-state index >= 15 is 0 Å². The molecule has 0 N–H and O–H groups in total. The van der Waals surface area contributed by atoms with Crippen molar-refractivity contribution in [2.75, 3.05) is 0 Å². The van der Waals surface area contributed by atoms with Crippen LogP contribution in [0.3, 0.4) is 0 Å². The number of hydrogen-bond donors (Lipinski definition) is 0. The molecule has 23 aromatic rings. The summed E-state index contributed by atoms with van der Waals surface area (Å²) in [6.07, 6.45) is 15.0. The molecule has 626 valence electrons. The van der Waals surface area contributed by atoms with Crippen LogP contribution in [0.2, 0.25) is 0 Å². The number of fused-ring (bicyclic) bond motifs is 21. The second-order valence-electron chi connectivity index (χ2n) is 33.6. The van der Waals surface area contributed by atoms with Crippen LogP contribution in [0.5, 0.6) is 0 Å². The summed E-state index contributed by atoms with van der Waals surface area (Å²) in [5.74, 6) is 0. The van der Waals surface area contributed by atoms with Crippen LogP contribution in [-0.4, -0.2) is 69.8 Å². The standard InChI is InChI=1S/C24H16N2.C18H20N2.2C16H16N2.2C14H12N2.C12H8N2/c1-3-7-17(8-4-1)19-13-15-25-23-21(19)11-12-22-20(14-16-26-24(22)23)18-9-5-2-6-10-18;1-9-11(3)15-7-8-16-12(4)10(2)14(6)20-18(16)17(15)19-13(9)5;1-9-7-17-15-13(11(9)3)5-6-14-12(4)10(2)8-18-16(14)15;1-9-7-11(3)17-15-13(9)5-6-14-10(2)8-12(4)18-16(14)15;1-9-3-5-11-7-8-12-6-4-10(2)16-14(12)13(11)15-9;1-9-5-11-3-4-12-6-10(2)8-16-14(12)13(11)15-7-9;1-3-9-5-6-10-4-2-8-14-12(10)11(9)13-7-1/h1-16H;7-8H,1-6H3;2*5-8H,1-4H3;2*3-8H,1-2H3;1-8H. The smallest absolute Gasteiger partial charge is 0.0970 e. The minimum Gasteiger partial charge on any atom is -0.254 e. The van der Waals surface area contributed by atoms with E-state index in [1.165, 1.54) is 121 Å². The summed E-state index contributed by atoms with van der Waals surface area (Å²) < 4.78 is 0. The number of benzene rings is 9. The summed E-state index contributed by atoms with van der Waals surface area (Å²) in [4.78, 5) is 64.3. The van der Waals surface area contributed by atoms with E-state index in [9.17, 15) is 0 Å². The molecule has 0 aliphatic heterocycles. The van der Waals surface area contributed by atoms with Crippen molar-refractivity contribution in [2.24, 2.45) is 0 Å². The van der Waals surface area contributed by atoms with Gasteiger partial charge in [-0.2, -0.15) is 0 Å². The van der Waals surface area contributed by atoms with Gasteiger partial charge in [-0.3, -0.25) is 69.8 Å². The Morgan fingerprint density at radius 3 is 0.875 bits per heavy atom. The molecule has 0 spiro atoms. The third-order valence-electron chi connectivity index (χ3n) is 24.8. The normalized spacial score (nSPS) is 11.2. The van der Waals surface area contributed by atoms with E-state index in [0.717, 1.165) is 154 Å². The molecule has 14 nitrogen and oxygen atoms in total. The zero-order valence-corrected chi connectivity index (χ0v) is 75.8. The van der Waals surface area contributed by atoms with Crippen LogP contribution in [0.15, 0.2) is 280 Å². The molecule has 0 unspecified atom stereocenters. The molecule has 0 atom stereocenters. The van der Waals surface area contributed by atoms with E-state index in [-0.39, 0.29) is 0 Å². The lowest BCUT2D eigenvalue weighted by molar-refractivity contribution is 1.15. The van der Waals surface area contributed by atoms with Crippen LogP contribution in [0.25, 0.3) is 175 Å². The van der Waals surface area contributed by atoms with Gasteiger partial charge in [0, 0.05) is 159 Å². The van der Waals surface area contributed by atoms with Gasteiger partial charge in [-0.05, 0) is 274 Å². The van der Waals surface area contributed by atoms with Crippen molar-refractivity contribution in [3.05, 3.63) is 381 Å². The SMILES string of the molecule is Cc1cc(C)c2ccc3c(C)cc(C)nc3c2n1.Cc1ccc2ccc3ccc(C)nc3c2n1.Cc1cnc2c(ccc3c(C)c(C)cnc32)c1C.Cc1cnc2c(ccc3cc(C)cnc32)c1.Cc1nc2c(ccc3c(C)c(C)c(C)nc32)c(C)c1C.c1ccc(-c2ccnc3c2ccc2c(-c4ccccc4)ccnc23)cc1.c1cnc2c(c1)ccc1cccnc12. The maximum Gasteiger partial charge on any atom is 0.0970 e. The van der Waals surface area contributed by atoms with E-state index < -0.39 is 0 Å². The predicted octanol–water partition coefficient (Wildman–Crippen LogP) is 28.4. The molecule has 9 aromatic carbocycles. The highest BCUT2D eigenvalue weighted by Crippen LogP contribution is 2.38. The lowest BCUT2D eigenvalue weighted by atomic mass is 9.97. The second kappa shape index (κ2) is 36.1. The van der Waals surface area contributed by atoms with Crippen molar-refractivity contribution in [1.82, 2.24) is 69.8 Å². The van der Waals surface area contributed by atoms with Gasteiger partial charge in [0.05, 0.1) is 77.2 Å². The maximum absolute atomic E-state index is 4.81. The van der Waals surface area contributed by atoms with Crippen molar-refractivity contribution in [3.8, 4) is 22.3 Å². The summed E-state index contributed by atoms with van der Waals surface area (Å²) in [6, 6.07) is 79.7. The summed E-state index contributed by atoms with van der Waals surface area (Å²) in [5, 5.41) is 16.4. The highest BCUT2D eigenvalue weighted by molar-refractivity contribution is 6.13. The fourth-order valence-corrected chi connectivity index (χ4v) is 17.1. The topological polar surface area (TPSA) is 180 Å². The third-order valence-corrected chi connectivity index (χ3v) is 24.8. The number of hydrogen-bond acceptors (Lipinski definition) is 14. The van der Waals surface area contributed by atoms with Crippen LogP contribution in [0.4, 0.5) is 0 Å². The first-order valence-corrected chi connectivity index (χ1v) is 43.4. The molecule has 0 saturated heterocycles. The fraction of sp³-hybridized carbons (Fsp3) is 0.158. The van der Waals surface area contributed by atoms with Crippen LogP contribution in [0.1, 0.15) is 101 Å². The molecule has 0 aliphatic rings. The predicted molar refractivity (Wildman–Crippen MR) is 535 cm³/mol. The average Bonchev–Trinajstić information content (AvgIpc) is 0.760. The number of aryl methyl sites for hydroxylation is 16. The minimum atomic E-state index is 0.946. The van der Waals surface area contributed by atoms with Gasteiger partial charge in [0.15, 0.2) is 0 Å². The monoisotopic (exact) mass is 1660 g/mol. The molecular weight excluding hydrogens is 1570 g/mol. The summed E-state index contributed by atoms with van der Waals surface area (Å²) in [5.41, 5.74) is 40.2. The van der Waals surface area contributed by atoms with Gasteiger partial charge < -0.3 is 0 Å². The zero-order valence-electron chi connectivity index (χ0n) is 75.8. The van der Waals surface area contributed by atoms with Crippen LogP contribution in [-0.2, 0) is 0 Å². The molecule has 0 bridgehead atoms. The van der Waals surface area contributed by atoms with Crippen molar-refractivity contribution >= 4 is 153 Å². The zero-order chi connectivity index (χ0) is 89.3. The molecule has 128 heavy (non-hydrogen) atoms. The first kappa shape index (κ1) is 84.9. The van der Waals surface area contributed by atoms with Crippen LogP contribution in [0, 0.1) is 125 Å². The molecule has 0 radical (unpaired) electrons. The average molecular weight is 1670 g/mol. The summed E-state index contributed by atoms with van der Waals surface area (Å²) in [7, 11) is 0. The van der Waals surface area contributed by atoms with Gasteiger partial charge in [0.2, 0.25) is 0 Å². The molecule has 0 amide bonds. The quantitative estimate of drug-likeness (QED) is 0.149. The van der Waals surface area contributed by atoms with E-state index in [1.54, 1.807) is 12.4 Å². The first-order valence-electron chi connectivity index (χ1n) is 43.4. The van der Waals surface area contributed by atoms with Crippen molar-refractivity contribution in [2.45, 2.75) is 125 Å². The Balaban J connectivity index is 0.000000106. The molecule has 0 saturated carbocycles. The Morgan fingerprint density at radius 1 is 0.172 bits per heavy atom. The Bertz CT molecular complexity index is 7820. The van der Waals surface area contributed by atoms with E-state index in [1.807, 2.05) is 101 Å². The van der Waals surface area contributed by atoms with Crippen LogP contribution >= 0.6 is 0 Å². The minimum absolute atomic E-state index is 0.946. The van der Waals surface area contributed by atoms with Crippen molar-refractivity contribution in [3.63, 3.8) is 0 Å². The fourth-order valence-electron chi connectivity index (χ4n) is 17.1. The van der Waals surface area contributed by atoms with E-state index in [2.05, 4.69) is 351 Å². The first-order chi connectivity index (χ1) is 61.9. The molecule has 14 heteroatoms. The van der Waals surface area contributed by atoms with E-state index in [0.29, 0.717) is 0 Å². The van der Waals surface area contributed by atoms with Gasteiger partial charge in [-0.1, -0.05) is 170 Å². The molecule has 14 heterocycles. The maximum atomic E-state index is 4.81. The lowest BCUT2D eigenvalue weighted by Crippen LogP contribution is -1.98. The van der Waals surface area contributed by atoms with Gasteiger partial charge in [-0.15, -0.1) is 0 Å². The lowest BCUT2D eigenvalue weighted by Gasteiger charge is -2.13. The number of nitrogens with zero attached hydrogens (tertiary/aromatic N) is 14. The third kappa shape index (κ3) is 17.0. The van der Waals surface area contributed by atoms with Gasteiger partial charge in [-0.25, -0.2) is 0 Å². The van der Waals surface area contributed by atoms with Crippen LogP contribution < -0.4 is 0 Å². The Hall–Kier alpha value is -15.3. The molecule has 23 rings (SSSR count). The van der Waals surface area contributed by atoms with Gasteiger partial charge in [0.25, 0.3) is 0 Å². The highest BCUT2D eigenvalue weighted by Gasteiger charge is 2.18. The Kier molecular flexibility index (Phi) is 24.0. The highest BCUT2D eigenvalue weighted by atomic mass is 14.8. The molecule has 14 aromatic heterocycles. The van der Waals surface area contributed by atoms with Crippen molar-refractivity contribution < 1.29 is 0 Å². The molecular formula is C114H100N14. The summed E-state index contributed by atoms with van der Waals surface area (Å²) >= 11 is 0. The van der Waals surface area contributed by atoms with Gasteiger partial charge in [0.1, 0.15) is 0 Å². The van der Waals surface area contributed by atoms with Crippen molar-refractivity contribution in [1.29, 1.82) is 0 Å². The Labute approximate surface area is 745 Å². The Morgan fingerprint density at radius 2 is 0.477 bits per heavy atom.